The Bertz CT molecular complexity index is 146. The summed E-state index contributed by atoms with van der Waals surface area (Å²) in [5.41, 5.74) is -0.0912. The second kappa shape index (κ2) is 6.38. The van der Waals surface area contributed by atoms with Crippen molar-refractivity contribution < 1.29 is 9.84 Å². The molecule has 0 saturated carbocycles. The molecule has 0 aromatic rings. The Balaban J connectivity index is 3.83. The van der Waals surface area contributed by atoms with Gasteiger partial charge in [-0.3, -0.25) is 0 Å². The molecule has 0 rings (SSSR count). The van der Waals surface area contributed by atoms with Crippen molar-refractivity contribution in [2.75, 3.05) is 13.2 Å². The Morgan fingerprint density at radius 1 is 1.36 bits per heavy atom. The van der Waals surface area contributed by atoms with Gasteiger partial charge in [-0.2, -0.15) is 0 Å². The van der Waals surface area contributed by atoms with Crippen LogP contribution in [0.25, 0.3) is 0 Å². The number of nitrogens with one attached hydrogen (secondary N) is 1. The van der Waals surface area contributed by atoms with Gasteiger partial charge in [0.05, 0.1) is 24.9 Å². The average molecular weight is 203 g/mol. The zero-order chi connectivity index (χ0) is 11.2. The number of aliphatic hydroxyl groups is 1. The molecule has 0 aromatic carbocycles. The van der Waals surface area contributed by atoms with E-state index < -0.39 is 0 Å². The van der Waals surface area contributed by atoms with Crippen LogP contribution in [0.4, 0.5) is 0 Å². The Labute approximate surface area is 87.8 Å². The molecule has 1 atom stereocenters. The number of ether oxygens (including phenoxy) is 1. The Kier molecular flexibility index (Phi) is 6.33. The first-order valence-corrected chi connectivity index (χ1v) is 5.42. The molecule has 0 aliphatic heterocycles. The molecule has 3 nitrogen and oxygen atoms in total. The predicted octanol–water partition coefficient (Wildman–Crippen LogP) is 1.55. The number of hydrogen-bond acceptors (Lipinski definition) is 3. The van der Waals surface area contributed by atoms with Gasteiger partial charge in [0.1, 0.15) is 0 Å². The molecule has 0 saturated heterocycles. The smallest absolute Gasteiger partial charge is 0.0649 e. The zero-order valence-corrected chi connectivity index (χ0v) is 10.1. The minimum absolute atomic E-state index is 0.0424. The van der Waals surface area contributed by atoms with E-state index in [4.69, 9.17) is 9.84 Å². The summed E-state index contributed by atoms with van der Waals surface area (Å²) < 4.78 is 5.71. The highest BCUT2D eigenvalue weighted by molar-refractivity contribution is 4.71. The standard InChI is InChI=1S/C11H25NO2/c1-6-11(4,5)14-8-10(7-13)12-9(2)3/h9-10,12-13H,6-8H2,1-5H3. The summed E-state index contributed by atoms with van der Waals surface area (Å²) in [5.74, 6) is 0. The van der Waals surface area contributed by atoms with Crippen LogP contribution in [0.1, 0.15) is 41.0 Å². The molecule has 86 valence electrons. The molecule has 0 aliphatic rings. The fraction of sp³-hybridized carbons (Fsp3) is 1.00. The topological polar surface area (TPSA) is 41.5 Å². The summed E-state index contributed by atoms with van der Waals surface area (Å²) in [6.45, 7) is 11.0. The van der Waals surface area contributed by atoms with Gasteiger partial charge in [0.15, 0.2) is 0 Å². The van der Waals surface area contributed by atoms with E-state index in [1.165, 1.54) is 0 Å². The summed E-state index contributed by atoms with van der Waals surface area (Å²) in [6.07, 6.45) is 0.979. The quantitative estimate of drug-likeness (QED) is 0.659. The van der Waals surface area contributed by atoms with E-state index in [9.17, 15) is 0 Å². The largest absolute Gasteiger partial charge is 0.395 e. The summed E-state index contributed by atoms with van der Waals surface area (Å²) >= 11 is 0. The van der Waals surface area contributed by atoms with Crippen molar-refractivity contribution in [1.29, 1.82) is 0 Å². The molecule has 0 heterocycles. The molecule has 0 aromatic heterocycles. The van der Waals surface area contributed by atoms with Crippen LogP contribution < -0.4 is 5.32 Å². The Morgan fingerprint density at radius 3 is 2.29 bits per heavy atom. The molecule has 3 heteroatoms. The van der Waals surface area contributed by atoms with E-state index in [1.54, 1.807) is 0 Å². The van der Waals surface area contributed by atoms with Gasteiger partial charge in [0, 0.05) is 6.04 Å². The van der Waals surface area contributed by atoms with E-state index in [-0.39, 0.29) is 18.2 Å². The van der Waals surface area contributed by atoms with E-state index >= 15 is 0 Å². The molecular formula is C11H25NO2. The van der Waals surface area contributed by atoms with Crippen molar-refractivity contribution in [3.63, 3.8) is 0 Å². The predicted molar refractivity (Wildman–Crippen MR) is 59.5 cm³/mol. The van der Waals surface area contributed by atoms with Crippen molar-refractivity contribution in [3.8, 4) is 0 Å². The first kappa shape index (κ1) is 13.9. The SMILES string of the molecule is CCC(C)(C)OCC(CO)NC(C)C. The van der Waals surface area contributed by atoms with Crippen molar-refractivity contribution in [2.45, 2.75) is 58.7 Å². The fourth-order valence-corrected chi connectivity index (χ4v) is 1.05. The van der Waals surface area contributed by atoms with Crippen LogP contribution >= 0.6 is 0 Å². The highest BCUT2D eigenvalue weighted by atomic mass is 16.5. The van der Waals surface area contributed by atoms with Crippen molar-refractivity contribution in [3.05, 3.63) is 0 Å². The molecule has 0 bridgehead atoms. The number of hydrogen-bond donors (Lipinski definition) is 2. The third kappa shape index (κ3) is 6.35. The van der Waals surface area contributed by atoms with Crippen LogP contribution in [0.2, 0.25) is 0 Å². The third-order valence-corrected chi connectivity index (χ3v) is 2.32. The maximum absolute atomic E-state index is 9.10. The van der Waals surface area contributed by atoms with Gasteiger partial charge in [-0.25, -0.2) is 0 Å². The number of rotatable bonds is 7. The lowest BCUT2D eigenvalue weighted by Gasteiger charge is -2.27. The van der Waals surface area contributed by atoms with Gasteiger partial charge in [-0.15, -0.1) is 0 Å². The zero-order valence-electron chi connectivity index (χ0n) is 10.1. The maximum Gasteiger partial charge on any atom is 0.0649 e. The summed E-state index contributed by atoms with van der Waals surface area (Å²) in [6, 6.07) is 0.418. The second-order valence-electron chi connectivity index (χ2n) is 4.63. The van der Waals surface area contributed by atoms with Crippen LogP contribution in [-0.2, 0) is 4.74 Å². The van der Waals surface area contributed by atoms with Crippen molar-refractivity contribution in [1.82, 2.24) is 5.32 Å². The first-order valence-electron chi connectivity index (χ1n) is 5.42. The van der Waals surface area contributed by atoms with E-state index in [0.29, 0.717) is 12.6 Å². The van der Waals surface area contributed by atoms with Crippen molar-refractivity contribution >= 4 is 0 Å². The molecule has 0 amide bonds. The van der Waals surface area contributed by atoms with Gasteiger partial charge < -0.3 is 15.2 Å². The minimum atomic E-state index is -0.0912. The van der Waals surface area contributed by atoms with Gasteiger partial charge in [0.2, 0.25) is 0 Å². The molecule has 0 radical (unpaired) electrons. The summed E-state index contributed by atoms with van der Waals surface area (Å²) in [4.78, 5) is 0. The number of aliphatic hydroxyl groups excluding tert-OH is 1. The van der Waals surface area contributed by atoms with Crippen LogP contribution in [0.3, 0.4) is 0 Å². The minimum Gasteiger partial charge on any atom is -0.395 e. The van der Waals surface area contributed by atoms with E-state index in [1.807, 2.05) is 0 Å². The highest BCUT2D eigenvalue weighted by Gasteiger charge is 2.18. The average Bonchev–Trinajstić information content (AvgIpc) is 2.12. The normalized spacial score (nSPS) is 14.8. The first-order chi connectivity index (χ1) is 6.41. The Morgan fingerprint density at radius 2 is 1.93 bits per heavy atom. The van der Waals surface area contributed by atoms with Crippen LogP contribution in [-0.4, -0.2) is 36.0 Å². The van der Waals surface area contributed by atoms with Gasteiger partial charge in [0.25, 0.3) is 0 Å². The second-order valence-corrected chi connectivity index (χ2v) is 4.63. The molecule has 2 N–H and O–H groups in total. The molecule has 0 aliphatic carbocycles. The third-order valence-electron chi connectivity index (χ3n) is 2.32. The maximum atomic E-state index is 9.10. The lowest BCUT2D eigenvalue weighted by molar-refractivity contribution is -0.0372. The lowest BCUT2D eigenvalue weighted by atomic mass is 10.1. The van der Waals surface area contributed by atoms with Gasteiger partial charge in [-0.1, -0.05) is 20.8 Å². The summed E-state index contributed by atoms with van der Waals surface area (Å²) in [5, 5.41) is 12.4. The Hall–Kier alpha value is -0.120. The van der Waals surface area contributed by atoms with Gasteiger partial charge >= 0.3 is 0 Å². The summed E-state index contributed by atoms with van der Waals surface area (Å²) in [7, 11) is 0. The fourth-order valence-electron chi connectivity index (χ4n) is 1.05. The molecule has 0 fully saturated rings. The van der Waals surface area contributed by atoms with E-state index in [0.717, 1.165) is 6.42 Å². The monoisotopic (exact) mass is 203 g/mol. The van der Waals surface area contributed by atoms with Crippen LogP contribution in [0.15, 0.2) is 0 Å². The molecular weight excluding hydrogens is 178 g/mol. The lowest BCUT2D eigenvalue weighted by Crippen LogP contribution is -2.43. The molecule has 0 spiro atoms. The van der Waals surface area contributed by atoms with Crippen LogP contribution in [0, 0.1) is 0 Å². The molecule has 1 unspecified atom stereocenters. The highest BCUT2D eigenvalue weighted by Crippen LogP contribution is 2.13. The van der Waals surface area contributed by atoms with Crippen molar-refractivity contribution in [2.24, 2.45) is 0 Å². The molecule has 14 heavy (non-hydrogen) atoms. The van der Waals surface area contributed by atoms with E-state index in [2.05, 4.69) is 39.9 Å². The van der Waals surface area contributed by atoms with Gasteiger partial charge in [-0.05, 0) is 20.3 Å². The van der Waals surface area contributed by atoms with Crippen LogP contribution in [0.5, 0.6) is 0 Å².